The van der Waals surface area contributed by atoms with Gasteiger partial charge in [-0.1, -0.05) is 0 Å². The van der Waals surface area contributed by atoms with Gasteiger partial charge < -0.3 is 14.5 Å². The van der Waals surface area contributed by atoms with Crippen LogP contribution in [-0.4, -0.2) is 47.2 Å². The number of pyridine rings is 1. The molecule has 3 aromatic rings. The van der Waals surface area contributed by atoms with Gasteiger partial charge in [0.05, 0.1) is 19.9 Å². The van der Waals surface area contributed by atoms with E-state index in [1.165, 1.54) is 0 Å². The predicted molar refractivity (Wildman–Crippen MR) is 115 cm³/mol. The number of piperidine rings is 1. The Hall–Kier alpha value is -3.19. The second-order valence-electron chi connectivity index (χ2n) is 7.50. The summed E-state index contributed by atoms with van der Waals surface area (Å²) in [5.74, 6) is 2.58. The number of nitrogens with one attached hydrogen (secondary N) is 1. The Kier molecular flexibility index (Phi) is 6.09. The molecule has 7 heteroatoms. The molecule has 1 saturated heterocycles. The summed E-state index contributed by atoms with van der Waals surface area (Å²) in [7, 11) is 3.35. The van der Waals surface area contributed by atoms with Crippen LogP contribution in [0.2, 0.25) is 0 Å². The fraction of sp³-hybridized carbons (Fsp3) is 0.348. The molecule has 0 radical (unpaired) electrons. The number of aromatic amines is 1. The van der Waals surface area contributed by atoms with Crippen LogP contribution in [0.5, 0.6) is 11.5 Å². The molecule has 1 unspecified atom stereocenters. The number of likely N-dealkylation sites (tertiary alicyclic amines) is 1. The second-order valence-corrected chi connectivity index (χ2v) is 7.50. The van der Waals surface area contributed by atoms with Crippen LogP contribution in [-0.2, 0) is 6.54 Å². The number of hydrogen-bond acceptors (Lipinski definition) is 6. The molecule has 1 atom stereocenters. The van der Waals surface area contributed by atoms with E-state index < -0.39 is 0 Å². The Bertz CT molecular complexity index is 1050. The highest BCUT2D eigenvalue weighted by Crippen LogP contribution is 2.30. The van der Waals surface area contributed by atoms with Crippen molar-refractivity contribution in [2.75, 3.05) is 27.3 Å². The first kappa shape index (κ1) is 20.1. The highest BCUT2D eigenvalue weighted by molar-refractivity contribution is 5.57. The molecule has 156 valence electrons. The van der Waals surface area contributed by atoms with Crippen LogP contribution in [0.4, 0.5) is 0 Å². The summed E-state index contributed by atoms with van der Waals surface area (Å²) in [6.45, 7) is 2.57. The number of benzene rings is 1. The number of hydrogen-bond donors (Lipinski definition) is 1. The number of aromatic nitrogens is 3. The van der Waals surface area contributed by atoms with Crippen LogP contribution in [0.1, 0.15) is 30.1 Å². The molecule has 0 spiro atoms. The Morgan fingerprint density at radius 3 is 2.73 bits per heavy atom. The van der Waals surface area contributed by atoms with Crippen LogP contribution in [0.25, 0.3) is 11.3 Å². The molecule has 0 amide bonds. The Balaban J connectivity index is 1.55. The molecule has 1 fully saturated rings. The van der Waals surface area contributed by atoms with Crippen LogP contribution >= 0.6 is 0 Å². The van der Waals surface area contributed by atoms with Crippen molar-refractivity contribution in [1.29, 1.82) is 0 Å². The van der Waals surface area contributed by atoms with Gasteiger partial charge in [0, 0.05) is 48.6 Å². The van der Waals surface area contributed by atoms with Crippen molar-refractivity contribution in [1.82, 2.24) is 19.9 Å². The van der Waals surface area contributed by atoms with Crippen molar-refractivity contribution in [2.45, 2.75) is 25.3 Å². The van der Waals surface area contributed by atoms with Crippen molar-refractivity contribution in [3.8, 4) is 22.8 Å². The Morgan fingerprint density at radius 1 is 1.13 bits per heavy atom. The van der Waals surface area contributed by atoms with Gasteiger partial charge in [0.1, 0.15) is 17.3 Å². The first-order chi connectivity index (χ1) is 14.7. The fourth-order valence-electron chi connectivity index (χ4n) is 4.01. The van der Waals surface area contributed by atoms with E-state index in [-0.39, 0.29) is 11.5 Å². The van der Waals surface area contributed by atoms with Gasteiger partial charge in [-0.05, 0) is 49.7 Å². The third-order valence-corrected chi connectivity index (χ3v) is 5.51. The van der Waals surface area contributed by atoms with Crippen molar-refractivity contribution in [3.63, 3.8) is 0 Å². The zero-order chi connectivity index (χ0) is 20.9. The third kappa shape index (κ3) is 4.52. The quantitative estimate of drug-likeness (QED) is 0.677. The van der Waals surface area contributed by atoms with Crippen molar-refractivity contribution in [2.24, 2.45) is 0 Å². The van der Waals surface area contributed by atoms with Gasteiger partial charge in [-0.2, -0.15) is 0 Å². The van der Waals surface area contributed by atoms with E-state index in [0.717, 1.165) is 60.9 Å². The lowest BCUT2D eigenvalue weighted by atomic mass is 9.96. The Labute approximate surface area is 175 Å². The first-order valence-electron chi connectivity index (χ1n) is 10.1. The summed E-state index contributed by atoms with van der Waals surface area (Å²) < 4.78 is 10.9. The lowest BCUT2D eigenvalue weighted by Crippen LogP contribution is -2.35. The molecule has 1 N–H and O–H groups in total. The minimum atomic E-state index is -0.126. The summed E-state index contributed by atoms with van der Waals surface area (Å²) in [5.41, 5.74) is 2.54. The SMILES string of the molecule is COc1ccc(OC)c(CN2CCCC(c3nc(-c4ccncc4)cc(=O)[nH]3)C2)c1. The summed E-state index contributed by atoms with van der Waals surface area (Å²) in [4.78, 5) is 26.5. The van der Waals surface area contributed by atoms with E-state index in [1.54, 1.807) is 32.7 Å². The van der Waals surface area contributed by atoms with Crippen molar-refractivity contribution in [3.05, 3.63) is 70.5 Å². The smallest absolute Gasteiger partial charge is 0.251 e. The van der Waals surface area contributed by atoms with E-state index in [4.69, 9.17) is 14.5 Å². The normalized spacial score (nSPS) is 16.9. The van der Waals surface area contributed by atoms with E-state index in [0.29, 0.717) is 5.69 Å². The van der Waals surface area contributed by atoms with Crippen molar-refractivity contribution >= 4 is 0 Å². The number of ether oxygens (including phenoxy) is 2. The standard InChI is InChI=1S/C23H26N4O3/c1-29-19-5-6-21(30-2)18(12-19)15-27-11-3-4-17(14-27)23-25-20(13-22(28)26-23)16-7-9-24-10-8-16/h5-10,12-13,17H,3-4,11,14-15H2,1-2H3,(H,25,26,28). The average Bonchev–Trinajstić information content (AvgIpc) is 2.79. The van der Waals surface area contributed by atoms with E-state index in [2.05, 4.69) is 14.9 Å². The van der Waals surface area contributed by atoms with Gasteiger partial charge in [0.15, 0.2) is 0 Å². The largest absolute Gasteiger partial charge is 0.497 e. The van der Waals surface area contributed by atoms with Gasteiger partial charge in [-0.15, -0.1) is 0 Å². The maximum absolute atomic E-state index is 12.3. The lowest BCUT2D eigenvalue weighted by Gasteiger charge is -2.32. The number of rotatable bonds is 6. The topological polar surface area (TPSA) is 80.3 Å². The minimum Gasteiger partial charge on any atom is -0.497 e. The monoisotopic (exact) mass is 406 g/mol. The molecular formula is C23H26N4O3. The van der Waals surface area contributed by atoms with Crippen molar-refractivity contribution < 1.29 is 9.47 Å². The minimum absolute atomic E-state index is 0.126. The zero-order valence-corrected chi connectivity index (χ0v) is 17.3. The molecule has 1 aromatic carbocycles. The molecule has 1 aliphatic heterocycles. The number of methoxy groups -OCH3 is 2. The van der Waals surface area contributed by atoms with Gasteiger partial charge in [-0.3, -0.25) is 14.7 Å². The molecule has 7 nitrogen and oxygen atoms in total. The second kappa shape index (κ2) is 9.09. The Morgan fingerprint density at radius 2 is 1.97 bits per heavy atom. The molecule has 3 heterocycles. The van der Waals surface area contributed by atoms with Gasteiger partial charge in [0.2, 0.25) is 0 Å². The molecule has 30 heavy (non-hydrogen) atoms. The van der Waals surface area contributed by atoms with Crippen LogP contribution < -0.4 is 15.0 Å². The van der Waals surface area contributed by atoms with Gasteiger partial charge >= 0.3 is 0 Å². The lowest BCUT2D eigenvalue weighted by molar-refractivity contribution is 0.194. The molecule has 0 bridgehead atoms. The molecule has 0 saturated carbocycles. The summed E-state index contributed by atoms with van der Waals surface area (Å²) in [5, 5.41) is 0. The molecule has 2 aromatic heterocycles. The van der Waals surface area contributed by atoms with Crippen LogP contribution in [0.3, 0.4) is 0 Å². The van der Waals surface area contributed by atoms with E-state index in [1.807, 2.05) is 30.3 Å². The zero-order valence-electron chi connectivity index (χ0n) is 17.3. The van der Waals surface area contributed by atoms with Gasteiger partial charge in [-0.25, -0.2) is 4.98 Å². The number of H-pyrrole nitrogens is 1. The highest BCUT2D eigenvalue weighted by atomic mass is 16.5. The first-order valence-corrected chi connectivity index (χ1v) is 10.1. The fourth-order valence-corrected chi connectivity index (χ4v) is 4.01. The highest BCUT2D eigenvalue weighted by Gasteiger charge is 2.24. The molecule has 1 aliphatic rings. The summed E-state index contributed by atoms with van der Waals surface area (Å²) in [6, 6.07) is 11.1. The molecular weight excluding hydrogens is 380 g/mol. The molecule has 4 rings (SSSR count). The number of nitrogens with zero attached hydrogens (tertiary/aromatic N) is 3. The third-order valence-electron chi connectivity index (χ3n) is 5.51. The van der Waals surface area contributed by atoms with E-state index in [9.17, 15) is 4.79 Å². The molecule has 0 aliphatic carbocycles. The predicted octanol–water partition coefficient (Wildman–Crippen LogP) is 3.23. The average molecular weight is 406 g/mol. The maximum atomic E-state index is 12.3. The van der Waals surface area contributed by atoms with E-state index >= 15 is 0 Å². The maximum Gasteiger partial charge on any atom is 0.251 e. The van der Waals surface area contributed by atoms with Crippen LogP contribution in [0, 0.1) is 0 Å². The van der Waals surface area contributed by atoms with Crippen LogP contribution in [0.15, 0.2) is 53.6 Å². The van der Waals surface area contributed by atoms with Gasteiger partial charge in [0.25, 0.3) is 5.56 Å². The summed E-state index contributed by atoms with van der Waals surface area (Å²) >= 11 is 0. The summed E-state index contributed by atoms with van der Waals surface area (Å²) in [6.07, 6.45) is 5.46.